The van der Waals surface area contributed by atoms with E-state index in [1.807, 2.05) is 6.07 Å². The van der Waals surface area contributed by atoms with Crippen LogP contribution >= 0.6 is 0 Å². The minimum Gasteiger partial charge on any atom is -0.384 e. The lowest BCUT2D eigenvalue weighted by atomic mass is 10.3. The molecular formula is C12H16N6. The number of rotatable bonds is 5. The number of nitrogen functional groups attached to an aromatic ring is 1. The molecule has 0 spiro atoms. The van der Waals surface area contributed by atoms with Gasteiger partial charge in [-0.15, -0.1) is 0 Å². The molecule has 0 radical (unpaired) electrons. The monoisotopic (exact) mass is 244 g/mol. The first-order valence-corrected chi connectivity index (χ1v) is 5.90. The van der Waals surface area contributed by atoms with E-state index in [0.717, 1.165) is 30.2 Å². The SMILES string of the molecule is CCCc1nc(N)cc(NCc2ccncn2)n1. The van der Waals surface area contributed by atoms with E-state index in [0.29, 0.717) is 12.4 Å². The van der Waals surface area contributed by atoms with Gasteiger partial charge in [-0.25, -0.2) is 19.9 Å². The van der Waals surface area contributed by atoms with Crippen molar-refractivity contribution in [3.8, 4) is 0 Å². The van der Waals surface area contributed by atoms with Gasteiger partial charge in [0.05, 0.1) is 12.2 Å². The van der Waals surface area contributed by atoms with Crippen LogP contribution in [0.5, 0.6) is 0 Å². The van der Waals surface area contributed by atoms with Gasteiger partial charge in [-0.2, -0.15) is 0 Å². The van der Waals surface area contributed by atoms with E-state index in [1.54, 1.807) is 12.3 Å². The molecule has 0 amide bonds. The Labute approximate surface area is 106 Å². The summed E-state index contributed by atoms with van der Waals surface area (Å²) in [5.41, 5.74) is 6.64. The maximum Gasteiger partial charge on any atom is 0.133 e. The normalized spacial score (nSPS) is 10.3. The molecule has 0 aliphatic carbocycles. The van der Waals surface area contributed by atoms with Crippen LogP contribution in [-0.2, 0) is 13.0 Å². The van der Waals surface area contributed by atoms with Gasteiger partial charge in [-0.3, -0.25) is 0 Å². The zero-order chi connectivity index (χ0) is 12.8. The van der Waals surface area contributed by atoms with Gasteiger partial charge in [-0.05, 0) is 12.5 Å². The maximum atomic E-state index is 5.74. The lowest BCUT2D eigenvalue weighted by Gasteiger charge is -2.07. The summed E-state index contributed by atoms with van der Waals surface area (Å²) in [6.45, 7) is 2.67. The zero-order valence-corrected chi connectivity index (χ0v) is 10.3. The first kappa shape index (κ1) is 12.2. The molecule has 6 heteroatoms. The van der Waals surface area contributed by atoms with Crippen LogP contribution in [0.1, 0.15) is 24.9 Å². The van der Waals surface area contributed by atoms with E-state index in [-0.39, 0.29) is 0 Å². The first-order chi connectivity index (χ1) is 8.78. The van der Waals surface area contributed by atoms with Crippen LogP contribution in [0.3, 0.4) is 0 Å². The molecule has 0 aliphatic rings. The van der Waals surface area contributed by atoms with E-state index in [4.69, 9.17) is 5.73 Å². The number of nitrogens with two attached hydrogens (primary N) is 1. The molecule has 0 saturated carbocycles. The van der Waals surface area contributed by atoms with Gasteiger partial charge >= 0.3 is 0 Å². The number of aryl methyl sites for hydroxylation is 1. The first-order valence-electron chi connectivity index (χ1n) is 5.90. The molecule has 0 unspecified atom stereocenters. The molecule has 2 rings (SSSR count). The summed E-state index contributed by atoms with van der Waals surface area (Å²) in [7, 11) is 0. The fourth-order valence-corrected chi connectivity index (χ4v) is 1.55. The Morgan fingerprint density at radius 2 is 2.22 bits per heavy atom. The van der Waals surface area contributed by atoms with Crippen LogP contribution in [0.4, 0.5) is 11.6 Å². The predicted molar refractivity (Wildman–Crippen MR) is 69.8 cm³/mol. The molecule has 94 valence electrons. The van der Waals surface area contributed by atoms with E-state index < -0.39 is 0 Å². The number of anilines is 2. The largest absolute Gasteiger partial charge is 0.384 e. The molecule has 0 aliphatic heterocycles. The maximum absolute atomic E-state index is 5.74. The second kappa shape index (κ2) is 5.90. The van der Waals surface area contributed by atoms with Gasteiger partial charge in [0.25, 0.3) is 0 Å². The molecule has 0 fully saturated rings. The Bertz CT molecular complexity index is 499. The van der Waals surface area contributed by atoms with Crippen LogP contribution in [0.25, 0.3) is 0 Å². The summed E-state index contributed by atoms with van der Waals surface area (Å²) in [4.78, 5) is 16.6. The van der Waals surface area contributed by atoms with Crippen molar-refractivity contribution in [3.05, 3.63) is 36.2 Å². The third kappa shape index (κ3) is 3.38. The molecule has 2 aromatic rings. The molecule has 6 nitrogen and oxygen atoms in total. The average molecular weight is 244 g/mol. The molecular weight excluding hydrogens is 228 g/mol. The van der Waals surface area contributed by atoms with Crippen molar-refractivity contribution in [2.45, 2.75) is 26.3 Å². The van der Waals surface area contributed by atoms with Gasteiger partial charge in [-0.1, -0.05) is 6.92 Å². The summed E-state index contributed by atoms with van der Waals surface area (Å²) >= 11 is 0. The fourth-order valence-electron chi connectivity index (χ4n) is 1.55. The third-order valence-electron chi connectivity index (χ3n) is 2.36. The standard InChI is InChI=1S/C12H16N6/c1-2-3-11-17-10(13)6-12(18-11)15-7-9-4-5-14-8-16-9/h4-6,8H,2-3,7H2,1H3,(H3,13,15,17,18). The van der Waals surface area contributed by atoms with Gasteiger partial charge in [0, 0.05) is 18.7 Å². The summed E-state index contributed by atoms with van der Waals surface area (Å²) in [6, 6.07) is 3.57. The quantitative estimate of drug-likeness (QED) is 0.826. The van der Waals surface area contributed by atoms with Gasteiger partial charge in [0.2, 0.25) is 0 Å². The van der Waals surface area contributed by atoms with E-state index in [9.17, 15) is 0 Å². The smallest absolute Gasteiger partial charge is 0.133 e. The number of aromatic nitrogens is 4. The van der Waals surface area contributed by atoms with Crippen molar-refractivity contribution in [2.24, 2.45) is 0 Å². The highest BCUT2D eigenvalue weighted by Crippen LogP contribution is 2.10. The molecule has 0 bridgehead atoms. The number of nitrogens with zero attached hydrogens (tertiary/aromatic N) is 4. The Morgan fingerprint density at radius 1 is 1.33 bits per heavy atom. The van der Waals surface area contributed by atoms with Crippen LogP contribution in [0.2, 0.25) is 0 Å². The van der Waals surface area contributed by atoms with Crippen molar-refractivity contribution in [1.29, 1.82) is 0 Å². The third-order valence-corrected chi connectivity index (χ3v) is 2.36. The lowest BCUT2D eigenvalue weighted by molar-refractivity contribution is 0.835. The van der Waals surface area contributed by atoms with Crippen molar-refractivity contribution in [1.82, 2.24) is 19.9 Å². The van der Waals surface area contributed by atoms with Gasteiger partial charge in [0.1, 0.15) is 23.8 Å². The molecule has 3 N–H and O–H groups in total. The van der Waals surface area contributed by atoms with Crippen LogP contribution in [0.15, 0.2) is 24.7 Å². The van der Waals surface area contributed by atoms with Crippen molar-refractivity contribution < 1.29 is 0 Å². The second-order valence-electron chi connectivity index (χ2n) is 3.90. The Kier molecular flexibility index (Phi) is 4.01. The van der Waals surface area contributed by atoms with Gasteiger partial charge in [0.15, 0.2) is 0 Å². The zero-order valence-electron chi connectivity index (χ0n) is 10.3. The Morgan fingerprint density at radius 3 is 2.94 bits per heavy atom. The summed E-state index contributed by atoms with van der Waals surface area (Å²) in [6.07, 6.45) is 5.05. The average Bonchev–Trinajstić information content (AvgIpc) is 2.37. The topological polar surface area (TPSA) is 89.6 Å². The van der Waals surface area contributed by atoms with Crippen molar-refractivity contribution in [3.63, 3.8) is 0 Å². The number of hydrogen-bond donors (Lipinski definition) is 2. The second-order valence-corrected chi connectivity index (χ2v) is 3.90. The predicted octanol–water partition coefficient (Wildman–Crippen LogP) is 1.41. The highest BCUT2D eigenvalue weighted by molar-refractivity contribution is 5.44. The highest BCUT2D eigenvalue weighted by atomic mass is 15.1. The highest BCUT2D eigenvalue weighted by Gasteiger charge is 2.02. The number of nitrogens with one attached hydrogen (secondary N) is 1. The molecule has 0 aromatic carbocycles. The van der Waals surface area contributed by atoms with E-state index in [2.05, 4.69) is 32.2 Å². The Hall–Kier alpha value is -2.24. The fraction of sp³-hybridized carbons (Fsp3) is 0.333. The Balaban J connectivity index is 2.05. The molecule has 0 saturated heterocycles. The molecule has 18 heavy (non-hydrogen) atoms. The lowest BCUT2D eigenvalue weighted by Crippen LogP contribution is -2.07. The molecule has 0 atom stereocenters. The minimum absolute atomic E-state index is 0.485. The van der Waals surface area contributed by atoms with E-state index >= 15 is 0 Å². The van der Waals surface area contributed by atoms with Crippen LogP contribution < -0.4 is 11.1 Å². The number of hydrogen-bond acceptors (Lipinski definition) is 6. The summed E-state index contributed by atoms with van der Waals surface area (Å²) in [5, 5.41) is 3.18. The van der Waals surface area contributed by atoms with Crippen molar-refractivity contribution in [2.75, 3.05) is 11.1 Å². The van der Waals surface area contributed by atoms with Gasteiger partial charge < -0.3 is 11.1 Å². The van der Waals surface area contributed by atoms with E-state index in [1.165, 1.54) is 6.33 Å². The van der Waals surface area contributed by atoms with Crippen LogP contribution in [-0.4, -0.2) is 19.9 Å². The molecule has 2 heterocycles. The van der Waals surface area contributed by atoms with Crippen molar-refractivity contribution >= 4 is 11.6 Å². The van der Waals surface area contributed by atoms with Crippen LogP contribution in [0, 0.1) is 0 Å². The minimum atomic E-state index is 0.485. The molecule has 2 aromatic heterocycles. The summed E-state index contributed by atoms with van der Waals surface area (Å²) in [5.74, 6) is 1.98. The summed E-state index contributed by atoms with van der Waals surface area (Å²) < 4.78 is 0.